The standard InChI is InChI=1S/C28H42O6.C26H46O7.CH4S/c1-16(12-20-15-34-26(32)28(4,33)25(20)31)22-9-10-23-18(6-5-11-27(22,23)3)7-8-19-13-21(29)14-24(30)17(19)2;1-16(18-10-11-19-20(27)9-8-12-25(18,19)5)13-17(14-31-15-30-7)21(28)26(6)22(29)32-23(33-26)24(2,3)4;1-2/h7-8,16,20-25,29-31,33H,2,5-6,9-15H2,1,3-4H3;16-21,23,27-28H,8-15H2,1-7H3;2H,1H3/b18-7+,19-8-;;/t16-,20+,21-,22-,23?,24+,25-,27-,28-;16-,17+,18-,19?,20+,21?,23-,25-,26-;/m11./s1/i;27T;. The van der Waals surface area contributed by atoms with Crippen molar-refractivity contribution in [1.29, 1.82) is 1.43 Å². The summed E-state index contributed by atoms with van der Waals surface area (Å²) in [7, 11) is 1.56. The minimum atomic E-state index is -1.84. The van der Waals surface area contributed by atoms with Crippen LogP contribution in [-0.2, 0) is 33.3 Å². The van der Waals surface area contributed by atoms with Crippen molar-refractivity contribution in [1.82, 2.24) is 0 Å². The Morgan fingerprint density at radius 2 is 1.61 bits per heavy atom. The van der Waals surface area contributed by atoms with Gasteiger partial charge in [-0.2, -0.15) is 12.6 Å². The summed E-state index contributed by atoms with van der Waals surface area (Å²) in [5.74, 6) is 0.629. The Hall–Kier alpha value is -1.85. The summed E-state index contributed by atoms with van der Waals surface area (Å²) in [5, 5.41) is 57.9. The molecule has 7 aliphatic rings. The van der Waals surface area contributed by atoms with Gasteiger partial charge in [0.15, 0.2) is 11.2 Å². The smallest absolute Gasteiger partial charge is 0.343 e. The molecule has 0 aromatic heterocycles. The summed E-state index contributed by atoms with van der Waals surface area (Å²) in [5.41, 5.74) is -0.275. The molecule has 0 aromatic carbocycles. The molecule has 18 atom stereocenters. The zero-order valence-corrected chi connectivity index (χ0v) is 44.8. The van der Waals surface area contributed by atoms with Crippen molar-refractivity contribution in [2.24, 2.45) is 63.6 Å². The van der Waals surface area contributed by atoms with Gasteiger partial charge in [-0.1, -0.05) is 79.2 Å². The van der Waals surface area contributed by atoms with Gasteiger partial charge >= 0.3 is 11.9 Å². The minimum Gasteiger partial charge on any atom is -0.463 e. The Balaban J connectivity index is 0.000000252. The summed E-state index contributed by atoms with van der Waals surface area (Å²) in [6, 6.07) is 0. The fourth-order valence-corrected chi connectivity index (χ4v) is 14.3. The molecule has 13 nitrogen and oxygen atoms in total. The Bertz CT molecular complexity index is 1830. The lowest BCUT2D eigenvalue weighted by molar-refractivity contribution is -0.200. The number of aliphatic hydroxyl groups is 6. The maximum atomic E-state index is 12.9. The third kappa shape index (κ3) is 12.4. The summed E-state index contributed by atoms with van der Waals surface area (Å²) >= 11 is 3.53. The van der Waals surface area contributed by atoms with E-state index in [4.69, 9.17) is 30.2 Å². The lowest BCUT2D eigenvalue weighted by Crippen LogP contribution is -2.57. The number of hydrogen-bond donors (Lipinski definition) is 7. The molecule has 0 bridgehead atoms. The molecule has 5 aliphatic carbocycles. The highest BCUT2D eigenvalue weighted by molar-refractivity contribution is 7.79. The van der Waals surface area contributed by atoms with Gasteiger partial charge in [0.25, 0.3) is 0 Å². The van der Waals surface area contributed by atoms with Crippen molar-refractivity contribution >= 4 is 24.6 Å². The van der Waals surface area contributed by atoms with Gasteiger partial charge in [-0.15, -0.1) is 0 Å². The molecule has 396 valence electrons. The predicted molar refractivity (Wildman–Crippen MR) is 269 cm³/mol. The average Bonchev–Trinajstić information content (AvgIpc) is 3.97. The molecular weight excluding hydrogens is 901 g/mol. The molecule has 5 saturated carbocycles. The van der Waals surface area contributed by atoms with Crippen LogP contribution >= 0.6 is 12.6 Å². The zero-order valence-electron chi connectivity index (χ0n) is 44.9. The number of rotatable bonds is 14. The lowest BCUT2D eigenvalue weighted by Gasteiger charge is -2.46. The van der Waals surface area contributed by atoms with Gasteiger partial charge in [0.05, 0.1) is 43.7 Å². The van der Waals surface area contributed by atoms with E-state index in [1.807, 2.05) is 20.8 Å². The van der Waals surface area contributed by atoms with Crippen LogP contribution in [0.2, 0.25) is 0 Å². The number of methoxy groups -OCH3 is 1. The number of esters is 2. The van der Waals surface area contributed by atoms with Crippen LogP contribution in [0.25, 0.3) is 0 Å². The molecule has 0 aromatic rings. The number of carbonyl (C=O) groups is 2. The van der Waals surface area contributed by atoms with E-state index in [-0.39, 0.29) is 48.8 Å². The van der Waals surface area contributed by atoms with Crippen LogP contribution in [0.4, 0.5) is 0 Å². The van der Waals surface area contributed by atoms with Crippen LogP contribution in [-0.4, -0.2) is 125 Å². The minimum absolute atomic E-state index is 0.0114. The second-order valence-electron chi connectivity index (χ2n) is 24.1. The van der Waals surface area contributed by atoms with Crippen molar-refractivity contribution in [3.8, 4) is 0 Å². The first-order valence-electron chi connectivity index (χ1n) is 26.5. The van der Waals surface area contributed by atoms with Crippen molar-refractivity contribution < 1.29 is 63.9 Å². The third-order valence-corrected chi connectivity index (χ3v) is 18.2. The Morgan fingerprint density at radius 3 is 2.26 bits per heavy atom. The molecule has 6 N–H and O–H groups in total. The number of hydrogen-bond acceptors (Lipinski definition) is 14. The van der Waals surface area contributed by atoms with E-state index in [9.17, 15) is 35.1 Å². The average molecular weight is 995 g/mol. The van der Waals surface area contributed by atoms with Crippen LogP contribution in [0.5, 0.6) is 0 Å². The Morgan fingerprint density at radius 1 is 0.942 bits per heavy atom. The van der Waals surface area contributed by atoms with E-state index < -0.39 is 59.3 Å². The van der Waals surface area contributed by atoms with Crippen LogP contribution in [0.15, 0.2) is 35.5 Å². The summed E-state index contributed by atoms with van der Waals surface area (Å²) in [6.07, 6.45) is 15.2. The first-order chi connectivity index (χ1) is 32.8. The van der Waals surface area contributed by atoms with Gasteiger partial charge in [0, 0.05) is 30.8 Å². The van der Waals surface area contributed by atoms with Gasteiger partial charge in [-0.3, -0.25) is 0 Å². The highest BCUT2D eigenvalue weighted by Gasteiger charge is 2.58. The summed E-state index contributed by atoms with van der Waals surface area (Å²) in [4.78, 5) is 24.7. The molecule has 14 heteroatoms. The van der Waals surface area contributed by atoms with E-state index in [0.717, 1.165) is 75.4 Å². The molecular formula is C55H92O13S. The van der Waals surface area contributed by atoms with Crippen molar-refractivity contribution in [3.63, 3.8) is 0 Å². The monoisotopic (exact) mass is 995 g/mol. The number of carbonyl (C=O) groups excluding carboxylic acids is 2. The molecule has 0 radical (unpaired) electrons. The number of fused-ring (bicyclic) bond motifs is 2. The van der Waals surface area contributed by atoms with Gasteiger partial charge in [-0.25, -0.2) is 9.59 Å². The van der Waals surface area contributed by atoms with E-state index in [1.165, 1.54) is 18.9 Å². The summed E-state index contributed by atoms with van der Waals surface area (Å²) in [6.45, 7) is 22.6. The number of ether oxygens (including phenoxy) is 5. The molecule has 0 amide bonds. The first-order valence-corrected chi connectivity index (χ1v) is 27.0. The van der Waals surface area contributed by atoms with Gasteiger partial charge in [0.1, 0.15) is 6.79 Å². The molecule has 0 spiro atoms. The molecule has 2 heterocycles. The summed E-state index contributed by atoms with van der Waals surface area (Å²) < 4.78 is 35.1. The van der Waals surface area contributed by atoms with Crippen LogP contribution < -0.4 is 0 Å². The SMILES string of the molecule is C=C1/C(=C\C=C2/CCC[C@@]3(C)C2CC[C@@H]3[C@H](C)C[C@H]2COC(=O)[C@](C)(O)[C@@H]2O)C[C@@H](O)C[C@@H]1O.CS.[3H]O[C@H]1CCC[C@@]2(C)C1CC[C@@H]2[C@H](C)C[C@@H](COCOC)C(O)[C@@]1(C)O[C@H](C(C)(C)C)OC1=O. The Kier molecular flexibility index (Phi) is 19.3. The molecule has 2 saturated heterocycles. The second kappa shape index (κ2) is 23.6. The highest BCUT2D eigenvalue weighted by atomic mass is 32.1. The second-order valence-corrected chi connectivity index (χ2v) is 24.1. The maximum absolute atomic E-state index is 12.9. The largest absolute Gasteiger partial charge is 0.463 e. The predicted octanol–water partition coefficient (Wildman–Crippen LogP) is 7.88. The van der Waals surface area contributed by atoms with E-state index >= 15 is 0 Å². The quantitative estimate of drug-likeness (QED) is 0.0384. The molecule has 7 fully saturated rings. The van der Waals surface area contributed by atoms with Gasteiger partial charge in [0.2, 0.25) is 7.72 Å². The van der Waals surface area contributed by atoms with Crippen molar-refractivity contribution in [3.05, 3.63) is 35.5 Å². The van der Waals surface area contributed by atoms with Crippen molar-refractivity contribution in [2.45, 2.75) is 200 Å². The number of thiol groups is 1. The zero-order chi connectivity index (χ0) is 52.1. The fourth-order valence-electron chi connectivity index (χ4n) is 14.3. The first kappa shape index (κ1) is 56.4. The van der Waals surface area contributed by atoms with Gasteiger partial charge in [-0.05, 0) is 155 Å². The van der Waals surface area contributed by atoms with Crippen LogP contribution in [0.1, 0.15) is 152 Å². The molecule has 69 heavy (non-hydrogen) atoms. The highest BCUT2D eigenvalue weighted by Crippen LogP contribution is 2.61. The van der Waals surface area contributed by atoms with Gasteiger partial charge < -0.3 is 54.3 Å². The van der Waals surface area contributed by atoms with E-state index in [2.05, 4.69) is 59.1 Å². The molecule has 7 rings (SSSR count). The fraction of sp³-hybridized carbons (Fsp3) is 0.855. The van der Waals surface area contributed by atoms with Crippen molar-refractivity contribution in [2.75, 3.05) is 33.4 Å². The normalized spacial score (nSPS) is 42.2. The number of cyclic esters (lactones) is 2. The van der Waals surface area contributed by atoms with E-state index in [0.29, 0.717) is 54.8 Å². The maximum Gasteiger partial charge on any atom is 0.343 e. The number of allylic oxidation sites excluding steroid dienone is 3. The molecule has 3 unspecified atom stereocenters. The van der Waals surface area contributed by atoms with Crippen LogP contribution in [0, 0.1) is 63.6 Å². The van der Waals surface area contributed by atoms with E-state index in [1.54, 1.807) is 20.3 Å². The molecule has 2 aliphatic heterocycles. The van der Waals surface area contributed by atoms with Crippen LogP contribution in [0.3, 0.4) is 0 Å². The third-order valence-electron chi connectivity index (χ3n) is 18.2. The Labute approximate surface area is 421 Å². The topological polar surface area (TPSA) is 202 Å². The lowest BCUT2D eigenvalue weighted by atomic mass is 9.60. The number of aliphatic hydroxyl groups excluding tert-OH is 5.